The Balaban J connectivity index is 0.00000247. The Bertz CT molecular complexity index is 1280. The molecule has 0 bridgehead atoms. The molecular formula is C28H38Cl2N4O3S. The van der Waals surface area contributed by atoms with Crippen LogP contribution in [0, 0.1) is 5.92 Å². The lowest BCUT2D eigenvalue weighted by Gasteiger charge is -2.35. The van der Waals surface area contributed by atoms with Crippen LogP contribution in [-0.2, 0) is 14.6 Å². The number of carbonyl (C=O) groups is 1. The summed E-state index contributed by atoms with van der Waals surface area (Å²) in [6.45, 7) is 10.6. The fourth-order valence-corrected chi connectivity index (χ4v) is 5.94. The summed E-state index contributed by atoms with van der Waals surface area (Å²) in [6.07, 6.45) is 6.84. The maximum atomic E-state index is 13.3. The van der Waals surface area contributed by atoms with E-state index in [0.29, 0.717) is 23.0 Å². The van der Waals surface area contributed by atoms with Gasteiger partial charge in [-0.2, -0.15) is 0 Å². The van der Waals surface area contributed by atoms with E-state index in [1.165, 1.54) is 32.0 Å². The van der Waals surface area contributed by atoms with E-state index < -0.39 is 20.5 Å². The highest BCUT2D eigenvalue weighted by molar-refractivity contribution is 7.93. The highest BCUT2D eigenvalue weighted by atomic mass is 35.5. The van der Waals surface area contributed by atoms with Crippen LogP contribution in [0.15, 0.2) is 52.0 Å². The molecule has 1 unspecified atom stereocenters. The topological polar surface area (TPSA) is 115 Å². The number of benzene rings is 1. The van der Waals surface area contributed by atoms with Crippen LogP contribution in [0.1, 0.15) is 72.8 Å². The van der Waals surface area contributed by atoms with Gasteiger partial charge in [0.25, 0.3) is 0 Å². The molecule has 10 heteroatoms. The van der Waals surface area contributed by atoms with Gasteiger partial charge in [0.2, 0.25) is 5.91 Å². The number of aromatic nitrogens is 1. The maximum Gasteiger partial charge on any atom is 0.241 e. The molecular weight excluding hydrogens is 543 g/mol. The van der Waals surface area contributed by atoms with Crippen molar-refractivity contribution in [2.45, 2.75) is 82.9 Å². The average Bonchev–Trinajstić information content (AvgIpc) is 2.83. The summed E-state index contributed by atoms with van der Waals surface area (Å²) in [5, 5.41) is 3.26. The largest absolute Gasteiger partial charge is 0.398 e. The van der Waals surface area contributed by atoms with Gasteiger partial charge in [0.1, 0.15) is 4.75 Å². The highest BCUT2D eigenvalue weighted by Gasteiger charge is 2.45. The molecule has 3 N–H and O–H groups in total. The van der Waals surface area contributed by atoms with Crippen molar-refractivity contribution in [3.63, 3.8) is 0 Å². The third-order valence-corrected chi connectivity index (χ3v) is 9.74. The van der Waals surface area contributed by atoms with E-state index in [2.05, 4.69) is 15.3 Å². The van der Waals surface area contributed by atoms with Crippen LogP contribution in [0.3, 0.4) is 0 Å². The predicted octanol–water partition coefficient (Wildman–Crippen LogP) is 6.75. The second-order valence-electron chi connectivity index (χ2n) is 9.73. The molecule has 1 heterocycles. The Labute approximate surface area is 236 Å². The SMILES string of the molecule is CC.CC(C)=C(N)c1ccc(N=CCC(NC(=O)C(C)(C)S(=O)(=O)c2ccc(Cl)cc2Cl)C2CCC2)nc1. The van der Waals surface area contributed by atoms with Gasteiger partial charge in [-0.15, -0.1) is 0 Å². The number of nitrogens with one attached hydrogen (secondary N) is 1. The normalized spacial score (nSPS) is 14.7. The summed E-state index contributed by atoms with van der Waals surface area (Å²) in [5.41, 5.74) is 8.58. The van der Waals surface area contributed by atoms with Crippen molar-refractivity contribution in [1.82, 2.24) is 10.3 Å². The van der Waals surface area contributed by atoms with E-state index >= 15 is 0 Å². The van der Waals surface area contributed by atoms with Gasteiger partial charge in [-0.3, -0.25) is 4.79 Å². The molecule has 1 aliphatic carbocycles. The van der Waals surface area contributed by atoms with E-state index in [4.69, 9.17) is 28.9 Å². The zero-order valence-corrected chi connectivity index (χ0v) is 25.2. The van der Waals surface area contributed by atoms with Crippen LogP contribution < -0.4 is 11.1 Å². The molecule has 1 aromatic carbocycles. The molecule has 0 spiro atoms. The van der Waals surface area contributed by atoms with Gasteiger partial charge in [-0.05, 0) is 76.8 Å². The number of nitrogens with two attached hydrogens (primary N) is 1. The number of rotatable bonds is 9. The first-order valence-electron chi connectivity index (χ1n) is 12.8. The van der Waals surface area contributed by atoms with Crippen LogP contribution in [-0.4, -0.2) is 36.3 Å². The smallest absolute Gasteiger partial charge is 0.241 e. The molecule has 1 fully saturated rings. The number of aliphatic imine (C=N–C) groups is 1. The van der Waals surface area contributed by atoms with E-state index in [-0.39, 0.29) is 21.9 Å². The molecule has 0 aliphatic heterocycles. The summed E-state index contributed by atoms with van der Waals surface area (Å²) >= 11 is 12.1. The molecule has 2 aromatic rings. The molecule has 38 heavy (non-hydrogen) atoms. The van der Waals surface area contributed by atoms with Crippen LogP contribution in [0.5, 0.6) is 0 Å². The second kappa shape index (κ2) is 13.6. The maximum absolute atomic E-state index is 13.3. The predicted molar refractivity (Wildman–Crippen MR) is 158 cm³/mol. The Morgan fingerprint density at radius 1 is 1.21 bits per heavy atom. The molecule has 1 atom stereocenters. The van der Waals surface area contributed by atoms with Crippen molar-refractivity contribution in [3.05, 3.63) is 57.7 Å². The minimum absolute atomic E-state index is 0.0177. The molecule has 1 saturated carbocycles. The van der Waals surface area contributed by atoms with Crippen molar-refractivity contribution in [3.8, 4) is 0 Å². The number of hydrogen-bond acceptors (Lipinski definition) is 6. The number of amides is 1. The van der Waals surface area contributed by atoms with E-state index in [1.54, 1.807) is 18.5 Å². The minimum Gasteiger partial charge on any atom is -0.398 e. The van der Waals surface area contributed by atoms with Crippen LogP contribution in [0.25, 0.3) is 5.70 Å². The summed E-state index contributed by atoms with van der Waals surface area (Å²) in [7, 11) is -4.09. The lowest BCUT2D eigenvalue weighted by atomic mass is 9.78. The summed E-state index contributed by atoms with van der Waals surface area (Å²) in [4.78, 5) is 21.9. The van der Waals surface area contributed by atoms with Crippen molar-refractivity contribution in [2.75, 3.05) is 0 Å². The van der Waals surface area contributed by atoms with Crippen molar-refractivity contribution in [1.29, 1.82) is 0 Å². The minimum atomic E-state index is -4.09. The number of allylic oxidation sites excluding steroid dienone is 1. The Morgan fingerprint density at radius 2 is 1.87 bits per heavy atom. The van der Waals surface area contributed by atoms with Crippen LogP contribution >= 0.6 is 23.2 Å². The number of carbonyl (C=O) groups excluding carboxylic acids is 1. The first-order valence-corrected chi connectivity index (χ1v) is 15.0. The van der Waals surface area contributed by atoms with Crippen molar-refractivity contribution < 1.29 is 13.2 Å². The number of hydrogen-bond donors (Lipinski definition) is 2. The van der Waals surface area contributed by atoms with Crippen LogP contribution in [0.4, 0.5) is 5.82 Å². The molecule has 0 radical (unpaired) electrons. The van der Waals surface area contributed by atoms with Crippen LogP contribution in [0.2, 0.25) is 10.0 Å². The Hall–Kier alpha value is -2.42. The molecule has 1 aliphatic rings. The van der Waals surface area contributed by atoms with Gasteiger partial charge < -0.3 is 11.1 Å². The van der Waals surface area contributed by atoms with Gasteiger partial charge in [-0.25, -0.2) is 18.4 Å². The number of sulfone groups is 1. The summed E-state index contributed by atoms with van der Waals surface area (Å²) in [5.74, 6) is 0.198. The monoisotopic (exact) mass is 580 g/mol. The molecule has 1 amide bonds. The van der Waals surface area contributed by atoms with Crippen molar-refractivity contribution >= 4 is 56.7 Å². The Morgan fingerprint density at radius 3 is 2.37 bits per heavy atom. The molecule has 1 aromatic heterocycles. The average molecular weight is 582 g/mol. The van der Waals surface area contributed by atoms with Gasteiger partial charge in [0.05, 0.1) is 9.92 Å². The third-order valence-electron chi connectivity index (χ3n) is 6.62. The van der Waals surface area contributed by atoms with E-state index in [9.17, 15) is 13.2 Å². The first kappa shape index (κ1) is 31.8. The number of pyridine rings is 1. The number of halogens is 2. The zero-order valence-electron chi connectivity index (χ0n) is 22.9. The summed E-state index contributed by atoms with van der Waals surface area (Å²) in [6, 6.07) is 7.52. The standard InChI is InChI=1S/C26H32Cl2N4O3S.C2H6/c1-16(2)24(29)18-8-11-23(31-15-18)30-13-12-21(17-6-5-7-17)32-25(33)26(3,4)36(34,35)22-10-9-19(27)14-20(22)28;1-2/h8-11,13-15,17,21H,5-7,12,29H2,1-4H3,(H,32,33);1-2H3. The zero-order chi connectivity index (χ0) is 28.7. The molecule has 0 saturated heterocycles. The highest BCUT2D eigenvalue weighted by Crippen LogP contribution is 2.34. The van der Waals surface area contributed by atoms with Gasteiger partial charge in [0, 0.05) is 41.2 Å². The second-order valence-corrected chi connectivity index (χ2v) is 13.0. The quantitative estimate of drug-likeness (QED) is 0.318. The number of nitrogens with zero attached hydrogens (tertiary/aromatic N) is 2. The third kappa shape index (κ3) is 7.36. The summed E-state index contributed by atoms with van der Waals surface area (Å²) < 4.78 is 24.9. The van der Waals surface area contributed by atoms with Crippen molar-refractivity contribution in [2.24, 2.45) is 16.6 Å². The Kier molecular flexibility index (Phi) is 11.4. The molecule has 3 rings (SSSR count). The van der Waals surface area contributed by atoms with Gasteiger partial charge in [0.15, 0.2) is 15.7 Å². The molecule has 208 valence electrons. The van der Waals surface area contributed by atoms with E-state index in [0.717, 1.165) is 30.4 Å². The lowest BCUT2D eigenvalue weighted by Crippen LogP contribution is -2.53. The fraction of sp³-hybridized carbons (Fsp3) is 0.464. The van der Waals surface area contributed by atoms with Gasteiger partial charge in [-0.1, -0.05) is 49.0 Å². The van der Waals surface area contributed by atoms with E-state index in [1.807, 2.05) is 33.8 Å². The lowest BCUT2D eigenvalue weighted by molar-refractivity contribution is -0.124. The van der Waals surface area contributed by atoms with Gasteiger partial charge >= 0.3 is 0 Å². The molecule has 7 nitrogen and oxygen atoms in total. The first-order chi connectivity index (χ1) is 17.8. The fourth-order valence-electron chi connectivity index (χ4n) is 3.81.